The van der Waals surface area contributed by atoms with E-state index < -0.39 is 29.7 Å². The number of carbonyl (C=O) groups excluding carboxylic acids is 4. The van der Waals surface area contributed by atoms with Gasteiger partial charge >= 0.3 is 12.2 Å². The fourth-order valence-corrected chi connectivity index (χ4v) is 8.72. The van der Waals surface area contributed by atoms with E-state index >= 15 is 0 Å². The van der Waals surface area contributed by atoms with Crippen molar-refractivity contribution in [2.75, 3.05) is 27.3 Å². The quantitative estimate of drug-likeness (QED) is 0.135. The van der Waals surface area contributed by atoms with Gasteiger partial charge in [0.1, 0.15) is 17.9 Å². The first-order valence-electron chi connectivity index (χ1n) is 21.2. The zero-order valence-electron chi connectivity index (χ0n) is 36.2. The lowest BCUT2D eigenvalue weighted by Gasteiger charge is -2.35. The minimum atomic E-state index is -0.756. The molecule has 4 heterocycles. The van der Waals surface area contributed by atoms with Crippen molar-refractivity contribution in [1.82, 2.24) is 30.4 Å². The molecule has 3 aromatic carbocycles. The molecule has 0 bridgehead atoms. The predicted octanol–water partition coefficient (Wildman–Crippen LogP) is 8.44. The summed E-state index contributed by atoms with van der Waals surface area (Å²) in [7, 11) is 2.59. The number of aliphatic imine (C=N–C) groups is 1. The third kappa shape index (κ3) is 9.11. The summed E-state index contributed by atoms with van der Waals surface area (Å²) in [4.78, 5) is 68.6. The highest BCUT2D eigenvalue weighted by molar-refractivity contribution is 6.03. The largest absolute Gasteiger partial charge is 0.453 e. The van der Waals surface area contributed by atoms with Gasteiger partial charge in [0.25, 0.3) is 0 Å². The van der Waals surface area contributed by atoms with Gasteiger partial charge in [-0.1, -0.05) is 107 Å². The van der Waals surface area contributed by atoms with Gasteiger partial charge in [-0.15, -0.1) is 0 Å². The number of alkyl carbamates (subject to hydrolysis) is 2. The number of H-pyrrole nitrogens is 1. The van der Waals surface area contributed by atoms with Gasteiger partial charge in [-0.3, -0.25) is 14.6 Å². The molecule has 3 aliphatic heterocycles. The summed E-state index contributed by atoms with van der Waals surface area (Å²) in [5, 5.41) is 7.75. The molecule has 13 nitrogen and oxygen atoms in total. The second kappa shape index (κ2) is 18.2. The number of nitrogens with one attached hydrogen (secondary N) is 3. The molecule has 1 saturated heterocycles. The number of carbonyl (C=O) groups is 4. The number of nitrogens with zero attached hydrogens (tertiary/aromatic N) is 4. The molecule has 7 rings (SSSR count). The number of fused-ring (bicyclic) bond motifs is 1. The fourth-order valence-electron chi connectivity index (χ4n) is 8.72. The minimum absolute atomic E-state index is 0.110. The number of hydrogen-bond donors (Lipinski definition) is 3. The van der Waals surface area contributed by atoms with Crippen LogP contribution in [0.3, 0.4) is 0 Å². The molecule has 13 heteroatoms. The molecule has 0 unspecified atom stereocenters. The average Bonchev–Trinajstić information content (AvgIpc) is 4.03. The van der Waals surface area contributed by atoms with Gasteiger partial charge in [0.15, 0.2) is 0 Å². The highest BCUT2D eigenvalue weighted by atomic mass is 16.5. The van der Waals surface area contributed by atoms with Gasteiger partial charge in [0.05, 0.1) is 38.2 Å². The van der Waals surface area contributed by atoms with Crippen molar-refractivity contribution >= 4 is 46.1 Å². The monoisotopic (exact) mass is 827 g/mol. The summed E-state index contributed by atoms with van der Waals surface area (Å²) >= 11 is 0. The molecule has 0 radical (unpaired) electrons. The number of methoxy groups -OCH3 is 2. The van der Waals surface area contributed by atoms with Crippen LogP contribution in [-0.4, -0.2) is 94.9 Å². The molecule has 4 amide bonds. The highest BCUT2D eigenvalue weighted by Gasteiger charge is 2.40. The minimum Gasteiger partial charge on any atom is -0.453 e. The molecular weight excluding hydrogens is 771 g/mol. The van der Waals surface area contributed by atoms with Crippen LogP contribution in [0.1, 0.15) is 84.2 Å². The Bertz CT molecular complexity index is 2370. The Labute approximate surface area is 357 Å². The van der Waals surface area contributed by atoms with Crippen molar-refractivity contribution in [3.8, 4) is 22.4 Å². The number of imidazole rings is 1. The van der Waals surface area contributed by atoms with Gasteiger partial charge in [-0.05, 0) is 82.0 Å². The van der Waals surface area contributed by atoms with E-state index in [2.05, 4.69) is 76.3 Å². The maximum absolute atomic E-state index is 13.9. The van der Waals surface area contributed by atoms with Crippen molar-refractivity contribution in [1.29, 1.82) is 0 Å². The number of aromatic nitrogens is 2. The molecule has 1 fully saturated rings. The van der Waals surface area contributed by atoms with Crippen LogP contribution in [0.5, 0.6) is 0 Å². The Kier molecular flexibility index (Phi) is 12.8. The van der Waals surface area contributed by atoms with E-state index in [9.17, 15) is 19.2 Å². The second-order valence-electron chi connectivity index (χ2n) is 17.4. The van der Waals surface area contributed by atoms with Crippen LogP contribution in [0.2, 0.25) is 0 Å². The fraction of sp³-hybridized carbons (Fsp3) is 0.417. The number of likely N-dealkylation sites (tertiary alicyclic amines) is 1. The van der Waals surface area contributed by atoms with Gasteiger partial charge in [0.2, 0.25) is 11.8 Å². The first-order chi connectivity index (χ1) is 29.3. The van der Waals surface area contributed by atoms with E-state index in [1.165, 1.54) is 14.2 Å². The van der Waals surface area contributed by atoms with Crippen LogP contribution in [-0.2, 0) is 19.1 Å². The van der Waals surface area contributed by atoms with Crippen LogP contribution in [0.4, 0.5) is 9.59 Å². The molecule has 320 valence electrons. The van der Waals surface area contributed by atoms with E-state index in [4.69, 9.17) is 19.5 Å². The van der Waals surface area contributed by atoms with Crippen LogP contribution < -0.4 is 10.6 Å². The zero-order chi connectivity index (χ0) is 43.4. The highest BCUT2D eigenvalue weighted by Crippen LogP contribution is 2.37. The summed E-state index contributed by atoms with van der Waals surface area (Å²) in [6.07, 6.45) is 10.7. The molecule has 4 atom stereocenters. The normalized spacial score (nSPS) is 19.0. The van der Waals surface area contributed by atoms with Gasteiger partial charge in [-0.25, -0.2) is 14.6 Å². The average molecular weight is 828 g/mol. The smallest absolute Gasteiger partial charge is 0.407 e. The van der Waals surface area contributed by atoms with Crippen molar-refractivity contribution in [3.63, 3.8) is 0 Å². The molecule has 3 aliphatic rings. The van der Waals surface area contributed by atoms with E-state index in [-0.39, 0.29) is 29.8 Å². The Morgan fingerprint density at radius 3 is 2.18 bits per heavy atom. The SMILES string of the molecule is COC(=O)N[C@H](C(=O)N1CCC[C@H]1c1ncc(-c2ccc(-c3cccc4c(C5=CN=C([C@@H]6C=CCN6C(=O)[C@@H](NC(=O)OC)C(C)(C)C)CCC5)cccc34)cc2)[nH]1)C(C)C. The standard InChI is InChI=1S/C48H57N7O6/c1-29(2)41(52-46(58)60-6)44(56)55-26-12-20-40(55)43-50-28-38(51-43)31-23-21-30(22-24-31)33-14-9-17-36-34(15-10-16-35(33)36)32-13-8-18-37(49-27-32)39-19-11-25-54(39)45(57)42(48(3,4)5)53-47(59)61-7/h9-11,14-17,19,21-24,27-29,39-42H,8,12-13,18,20,25-26H2,1-7H3,(H,50,51)(H,52,58)(H,53,59)/t39-,40-,41-,42+/m0/s1. The Morgan fingerprint density at radius 2 is 1.49 bits per heavy atom. The number of hydrogen-bond acceptors (Lipinski definition) is 8. The molecular formula is C48H57N7O6. The second-order valence-corrected chi connectivity index (χ2v) is 17.4. The first-order valence-corrected chi connectivity index (χ1v) is 21.2. The number of amides is 4. The summed E-state index contributed by atoms with van der Waals surface area (Å²) in [5.41, 5.74) is 6.73. The number of allylic oxidation sites excluding steroid dienone is 1. The van der Waals surface area contributed by atoms with Gasteiger partial charge in [0, 0.05) is 25.0 Å². The van der Waals surface area contributed by atoms with Gasteiger partial charge in [-0.2, -0.15) is 0 Å². The molecule has 1 aromatic heterocycles. The van der Waals surface area contributed by atoms with E-state index in [1.54, 1.807) is 4.90 Å². The zero-order valence-corrected chi connectivity index (χ0v) is 36.2. The Morgan fingerprint density at radius 1 is 0.820 bits per heavy atom. The number of rotatable bonds is 10. The van der Waals surface area contributed by atoms with Crippen LogP contribution in [0, 0.1) is 11.3 Å². The molecule has 0 aliphatic carbocycles. The topological polar surface area (TPSA) is 158 Å². The number of ether oxygens (including phenoxy) is 2. The summed E-state index contributed by atoms with van der Waals surface area (Å²) < 4.78 is 9.62. The summed E-state index contributed by atoms with van der Waals surface area (Å²) in [6.45, 7) is 10.6. The third-order valence-electron chi connectivity index (χ3n) is 12.0. The van der Waals surface area contributed by atoms with Crippen molar-refractivity contribution in [2.24, 2.45) is 16.3 Å². The Balaban J connectivity index is 1.09. The molecule has 0 spiro atoms. The lowest BCUT2D eigenvalue weighted by molar-refractivity contribution is -0.136. The maximum atomic E-state index is 13.9. The van der Waals surface area contributed by atoms with Gasteiger partial charge < -0.3 is 34.9 Å². The lowest BCUT2D eigenvalue weighted by Crippen LogP contribution is -2.56. The Hall–Kier alpha value is -6.24. The molecule has 61 heavy (non-hydrogen) atoms. The maximum Gasteiger partial charge on any atom is 0.407 e. The molecule has 0 saturated carbocycles. The van der Waals surface area contributed by atoms with Crippen molar-refractivity contribution in [2.45, 2.75) is 90.9 Å². The number of aromatic amines is 1. The third-order valence-corrected chi connectivity index (χ3v) is 12.0. The summed E-state index contributed by atoms with van der Waals surface area (Å²) in [5.74, 6) is 0.315. The van der Waals surface area contributed by atoms with Crippen LogP contribution in [0.15, 0.2) is 90.2 Å². The van der Waals surface area contributed by atoms with Crippen LogP contribution >= 0.6 is 0 Å². The van der Waals surface area contributed by atoms with E-state index in [1.807, 2.05) is 64.1 Å². The van der Waals surface area contributed by atoms with Crippen molar-refractivity contribution in [3.05, 3.63) is 96.6 Å². The molecule has 3 N–H and O–H groups in total. The molecule has 4 aromatic rings. The number of benzene rings is 3. The van der Waals surface area contributed by atoms with Crippen molar-refractivity contribution < 1.29 is 28.7 Å². The first kappa shape index (κ1) is 42.9. The van der Waals surface area contributed by atoms with Crippen LogP contribution in [0.25, 0.3) is 38.7 Å². The van der Waals surface area contributed by atoms with E-state index in [0.717, 1.165) is 87.9 Å². The summed E-state index contributed by atoms with van der Waals surface area (Å²) in [6, 6.07) is 19.3. The van der Waals surface area contributed by atoms with E-state index in [0.29, 0.717) is 13.1 Å². The lowest BCUT2D eigenvalue weighted by atomic mass is 9.85. The predicted molar refractivity (Wildman–Crippen MR) is 238 cm³/mol.